The van der Waals surface area contributed by atoms with Gasteiger partial charge < -0.3 is 39.7 Å². The van der Waals surface area contributed by atoms with Crippen molar-refractivity contribution in [3.8, 4) is 11.5 Å². The van der Waals surface area contributed by atoms with Gasteiger partial charge in [0.25, 0.3) is 0 Å². The summed E-state index contributed by atoms with van der Waals surface area (Å²) in [4.78, 5) is 28.6. The second kappa shape index (κ2) is 15.5. The largest absolute Gasteiger partial charge is 0.493 e. The lowest BCUT2D eigenvalue weighted by molar-refractivity contribution is -0.141. The fourth-order valence-corrected chi connectivity index (χ4v) is 6.89. The SMILES string of the molecule is COc1cc(CO)cc(I)c1OC1C=C(C(=O)NCCO)CC(N(CC2CCCO2)C(=O)CCC2CCCC2)C1O. The highest BCUT2D eigenvalue weighted by atomic mass is 127. The summed E-state index contributed by atoms with van der Waals surface area (Å²) in [6.07, 6.45) is 7.20. The Morgan fingerprint density at radius 1 is 1.17 bits per heavy atom. The normalized spacial score (nSPS) is 24.7. The van der Waals surface area contributed by atoms with Gasteiger partial charge in [0.15, 0.2) is 11.5 Å². The molecular weight excluding hydrogens is 643 g/mol. The van der Waals surface area contributed by atoms with E-state index in [1.165, 1.54) is 20.0 Å². The summed E-state index contributed by atoms with van der Waals surface area (Å²) in [5, 5.41) is 33.3. The number of halogens is 1. The number of carbonyl (C=O) groups is 2. The molecule has 4 atom stereocenters. The molecule has 1 aromatic rings. The van der Waals surface area contributed by atoms with Crippen molar-refractivity contribution < 1.29 is 39.1 Å². The van der Waals surface area contributed by atoms with Crippen LogP contribution in [0.15, 0.2) is 23.8 Å². The fourth-order valence-electron chi connectivity index (χ4n) is 6.09. The van der Waals surface area contributed by atoms with Crippen LogP contribution >= 0.6 is 22.6 Å². The predicted molar refractivity (Wildman–Crippen MR) is 161 cm³/mol. The van der Waals surface area contributed by atoms with Crippen molar-refractivity contribution in [2.24, 2.45) is 5.92 Å². The van der Waals surface area contributed by atoms with E-state index in [0.717, 1.165) is 32.1 Å². The molecule has 2 fully saturated rings. The van der Waals surface area contributed by atoms with E-state index >= 15 is 0 Å². The number of aliphatic hydroxyl groups excluding tert-OH is 3. The lowest BCUT2D eigenvalue weighted by Gasteiger charge is -2.41. The van der Waals surface area contributed by atoms with Gasteiger partial charge in [-0.25, -0.2) is 0 Å². The van der Waals surface area contributed by atoms with E-state index in [4.69, 9.17) is 14.2 Å². The minimum Gasteiger partial charge on any atom is -0.493 e. The number of nitrogens with one attached hydrogen (secondary N) is 1. The second-order valence-corrected chi connectivity index (χ2v) is 12.3. The molecular formula is C30H43IN2O8. The highest BCUT2D eigenvalue weighted by molar-refractivity contribution is 14.1. The molecule has 2 amide bonds. The summed E-state index contributed by atoms with van der Waals surface area (Å²) in [6, 6.07) is 2.72. The molecule has 1 aromatic carbocycles. The molecule has 10 nitrogen and oxygen atoms in total. The van der Waals surface area contributed by atoms with Crippen LogP contribution < -0.4 is 14.8 Å². The number of nitrogens with zero attached hydrogens (tertiary/aromatic N) is 1. The fraction of sp³-hybridized carbons (Fsp3) is 0.667. The summed E-state index contributed by atoms with van der Waals surface area (Å²) in [7, 11) is 1.50. The molecule has 1 saturated heterocycles. The van der Waals surface area contributed by atoms with Gasteiger partial charge in [-0.05, 0) is 71.5 Å². The summed E-state index contributed by atoms with van der Waals surface area (Å²) in [6.45, 7) is 0.697. The molecule has 11 heteroatoms. The molecule has 2 aliphatic carbocycles. The molecule has 4 unspecified atom stereocenters. The molecule has 1 saturated carbocycles. The highest BCUT2D eigenvalue weighted by Crippen LogP contribution is 2.37. The standard InChI is InChI=1S/C30H43IN2O8/c1-39-26-14-20(18-35)13-23(31)29(26)41-25-16-21(30(38)32-10-11-34)15-24(28(25)37)33(17-22-7-4-12-40-22)27(36)9-8-19-5-2-3-6-19/h13-14,16,19,22,24-25,28,34-35,37H,2-12,15,17-18H2,1H3,(H,32,38). The first-order chi connectivity index (χ1) is 19.8. The molecule has 1 aliphatic heterocycles. The van der Waals surface area contributed by atoms with Gasteiger partial charge in [-0.2, -0.15) is 0 Å². The predicted octanol–water partition coefficient (Wildman–Crippen LogP) is 2.69. The van der Waals surface area contributed by atoms with E-state index in [1.54, 1.807) is 23.1 Å². The third-order valence-electron chi connectivity index (χ3n) is 8.33. The van der Waals surface area contributed by atoms with Crippen LogP contribution in [0.4, 0.5) is 0 Å². The van der Waals surface area contributed by atoms with Gasteiger partial charge >= 0.3 is 0 Å². The first-order valence-corrected chi connectivity index (χ1v) is 15.7. The van der Waals surface area contributed by atoms with Gasteiger partial charge in [0.05, 0.1) is 36.0 Å². The zero-order chi connectivity index (χ0) is 29.4. The summed E-state index contributed by atoms with van der Waals surface area (Å²) >= 11 is 2.08. The maximum atomic E-state index is 13.8. The first-order valence-electron chi connectivity index (χ1n) is 14.7. The molecule has 1 heterocycles. The van der Waals surface area contributed by atoms with Crippen LogP contribution in [0.3, 0.4) is 0 Å². The molecule has 0 bridgehead atoms. The Kier molecular flexibility index (Phi) is 12.1. The summed E-state index contributed by atoms with van der Waals surface area (Å²) in [5.74, 6) is 0.884. The van der Waals surface area contributed by atoms with Crippen molar-refractivity contribution in [3.63, 3.8) is 0 Å². The van der Waals surface area contributed by atoms with Crippen molar-refractivity contribution in [1.82, 2.24) is 10.2 Å². The number of benzene rings is 1. The van der Waals surface area contributed by atoms with Crippen LogP contribution in [0.5, 0.6) is 11.5 Å². The van der Waals surface area contributed by atoms with E-state index in [9.17, 15) is 24.9 Å². The minimum atomic E-state index is -1.13. The highest BCUT2D eigenvalue weighted by Gasteiger charge is 2.42. The van der Waals surface area contributed by atoms with Crippen LogP contribution in [0.2, 0.25) is 0 Å². The number of aliphatic hydroxyl groups is 3. The van der Waals surface area contributed by atoms with Gasteiger partial charge in [-0.15, -0.1) is 0 Å². The van der Waals surface area contributed by atoms with Crippen LogP contribution in [0.25, 0.3) is 0 Å². The average molecular weight is 687 g/mol. The monoisotopic (exact) mass is 686 g/mol. The second-order valence-electron chi connectivity index (χ2n) is 11.2. The topological polar surface area (TPSA) is 138 Å². The number of hydrogen-bond acceptors (Lipinski definition) is 8. The van der Waals surface area contributed by atoms with Crippen LogP contribution in [-0.2, 0) is 20.9 Å². The lowest BCUT2D eigenvalue weighted by Crippen LogP contribution is -2.56. The van der Waals surface area contributed by atoms with E-state index in [2.05, 4.69) is 27.9 Å². The van der Waals surface area contributed by atoms with Crippen LogP contribution in [0.1, 0.15) is 63.4 Å². The van der Waals surface area contributed by atoms with E-state index in [0.29, 0.717) is 51.7 Å². The van der Waals surface area contributed by atoms with Gasteiger partial charge in [-0.3, -0.25) is 9.59 Å². The number of ether oxygens (including phenoxy) is 3. The Bertz CT molecular complexity index is 1070. The zero-order valence-electron chi connectivity index (χ0n) is 23.7. The third-order valence-corrected chi connectivity index (χ3v) is 9.13. The Morgan fingerprint density at radius 3 is 2.61 bits per heavy atom. The summed E-state index contributed by atoms with van der Waals surface area (Å²) < 4.78 is 18.4. The quantitative estimate of drug-likeness (QED) is 0.233. The smallest absolute Gasteiger partial charge is 0.247 e. The number of hydrogen-bond donors (Lipinski definition) is 4. The Labute approximate surface area is 255 Å². The molecule has 0 aromatic heterocycles. The Morgan fingerprint density at radius 2 is 1.95 bits per heavy atom. The van der Waals surface area contributed by atoms with Gasteiger partial charge in [0, 0.05) is 38.1 Å². The number of carbonyl (C=O) groups excluding carboxylic acids is 2. The maximum absolute atomic E-state index is 13.8. The lowest BCUT2D eigenvalue weighted by atomic mass is 9.87. The van der Waals surface area contributed by atoms with Gasteiger partial charge in [-0.1, -0.05) is 25.7 Å². The molecule has 3 aliphatic rings. The third kappa shape index (κ3) is 8.34. The Hall–Kier alpha value is -1.93. The van der Waals surface area contributed by atoms with Crippen molar-refractivity contribution in [2.75, 3.05) is 33.4 Å². The van der Waals surface area contributed by atoms with Crippen LogP contribution in [0, 0.1) is 9.49 Å². The van der Waals surface area contributed by atoms with Gasteiger partial charge in [0.1, 0.15) is 12.2 Å². The molecule has 228 valence electrons. The molecule has 0 spiro atoms. The molecule has 0 radical (unpaired) electrons. The van der Waals surface area contributed by atoms with Gasteiger partial charge in [0.2, 0.25) is 11.8 Å². The van der Waals surface area contributed by atoms with E-state index in [1.807, 2.05) is 0 Å². The van der Waals surface area contributed by atoms with Crippen molar-refractivity contribution in [3.05, 3.63) is 32.9 Å². The van der Waals surface area contributed by atoms with E-state index in [-0.39, 0.29) is 44.1 Å². The molecule has 41 heavy (non-hydrogen) atoms. The van der Waals surface area contributed by atoms with Crippen molar-refractivity contribution in [1.29, 1.82) is 0 Å². The first kappa shape index (κ1) is 32.0. The summed E-state index contributed by atoms with van der Waals surface area (Å²) in [5.41, 5.74) is 1.02. The van der Waals surface area contributed by atoms with Crippen molar-refractivity contribution >= 4 is 34.4 Å². The number of rotatable bonds is 13. The van der Waals surface area contributed by atoms with Crippen LogP contribution in [-0.4, -0.2) is 89.8 Å². The number of methoxy groups -OCH3 is 1. The minimum absolute atomic E-state index is 0.0494. The zero-order valence-corrected chi connectivity index (χ0v) is 25.9. The average Bonchev–Trinajstić information content (AvgIpc) is 3.70. The molecule has 4 N–H and O–H groups in total. The number of amides is 2. The maximum Gasteiger partial charge on any atom is 0.247 e. The molecule has 4 rings (SSSR count). The van der Waals surface area contributed by atoms with E-state index < -0.39 is 18.2 Å². The Balaban J connectivity index is 1.64. The van der Waals surface area contributed by atoms with Crippen molar-refractivity contribution in [2.45, 2.75) is 88.7 Å².